The van der Waals surface area contributed by atoms with Crippen LogP contribution in [0.3, 0.4) is 0 Å². The number of hydrogen-bond acceptors (Lipinski definition) is 2. The van der Waals surface area contributed by atoms with Crippen LogP contribution in [0.25, 0.3) is 0 Å². The number of nitrogens with one attached hydrogen (secondary N) is 1. The molecule has 106 valence electrons. The first-order chi connectivity index (χ1) is 9.63. The number of rotatable bonds is 5. The highest BCUT2D eigenvalue weighted by Crippen LogP contribution is 2.42. The fourth-order valence-electron chi connectivity index (χ4n) is 2.55. The van der Waals surface area contributed by atoms with E-state index >= 15 is 0 Å². The summed E-state index contributed by atoms with van der Waals surface area (Å²) in [5.41, 5.74) is 3.82. The molecule has 1 fully saturated rings. The lowest BCUT2D eigenvalue weighted by Gasteiger charge is -2.19. The van der Waals surface area contributed by atoms with Gasteiger partial charge in [0.2, 0.25) is 0 Å². The quantitative estimate of drug-likeness (QED) is 0.875. The zero-order valence-corrected chi connectivity index (χ0v) is 12.5. The van der Waals surface area contributed by atoms with Gasteiger partial charge in [-0.2, -0.15) is 5.10 Å². The van der Waals surface area contributed by atoms with Crippen LogP contribution in [0.15, 0.2) is 36.7 Å². The number of nitrogens with zero attached hydrogens (tertiary/aromatic N) is 2. The summed E-state index contributed by atoms with van der Waals surface area (Å²) in [4.78, 5) is 0. The van der Waals surface area contributed by atoms with E-state index in [0.717, 1.165) is 11.6 Å². The standard InChI is InChI=1S/C17H23N3/c1-12(2)20-11-16(10-18-20)19-17(15-8-9-15)14-6-4-13(3)5-7-14/h4-7,10-12,15,17,19H,8-9H2,1-3H3. The molecule has 1 aliphatic rings. The second-order valence-corrected chi connectivity index (χ2v) is 6.17. The van der Waals surface area contributed by atoms with Crippen molar-refractivity contribution in [3.63, 3.8) is 0 Å². The van der Waals surface area contributed by atoms with Gasteiger partial charge in [-0.05, 0) is 45.1 Å². The maximum Gasteiger partial charge on any atom is 0.0731 e. The minimum atomic E-state index is 0.407. The molecular formula is C17H23N3. The molecule has 1 N–H and O–H groups in total. The molecule has 0 spiro atoms. The third-order valence-electron chi connectivity index (χ3n) is 3.98. The molecule has 0 radical (unpaired) electrons. The Morgan fingerprint density at radius 2 is 1.90 bits per heavy atom. The highest BCUT2D eigenvalue weighted by molar-refractivity contribution is 5.43. The molecule has 0 aliphatic heterocycles. The van der Waals surface area contributed by atoms with Crippen molar-refractivity contribution >= 4 is 5.69 Å². The number of aromatic nitrogens is 2. The van der Waals surface area contributed by atoms with Gasteiger partial charge in [-0.3, -0.25) is 4.68 Å². The van der Waals surface area contributed by atoms with Gasteiger partial charge < -0.3 is 5.32 Å². The zero-order chi connectivity index (χ0) is 14.1. The Hall–Kier alpha value is -1.77. The third-order valence-corrected chi connectivity index (χ3v) is 3.98. The van der Waals surface area contributed by atoms with Crippen LogP contribution in [-0.2, 0) is 0 Å². The van der Waals surface area contributed by atoms with Gasteiger partial charge in [-0.25, -0.2) is 0 Å². The molecular weight excluding hydrogens is 246 g/mol. The molecule has 1 saturated carbocycles. The second kappa shape index (κ2) is 5.31. The maximum atomic E-state index is 4.41. The fourth-order valence-corrected chi connectivity index (χ4v) is 2.55. The molecule has 1 aromatic heterocycles. The summed E-state index contributed by atoms with van der Waals surface area (Å²) in [7, 11) is 0. The smallest absolute Gasteiger partial charge is 0.0731 e. The first-order valence-corrected chi connectivity index (χ1v) is 7.51. The monoisotopic (exact) mass is 269 g/mol. The number of benzene rings is 1. The first-order valence-electron chi connectivity index (χ1n) is 7.51. The summed E-state index contributed by atoms with van der Waals surface area (Å²) in [5.74, 6) is 0.764. The van der Waals surface area contributed by atoms with Crippen LogP contribution in [0.5, 0.6) is 0 Å². The van der Waals surface area contributed by atoms with Gasteiger partial charge in [0.1, 0.15) is 0 Å². The van der Waals surface area contributed by atoms with Gasteiger partial charge in [0.25, 0.3) is 0 Å². The summed E-state index contributed by atoms with van der Waals surface area (Å²) < 4.78 is 2.00. The molecule has 3 nitrogen and oxygen atoms in total. The Morgan fingerprint density at radius 3 is 2.45 bits per heavy atom. The Kier molecular flexibility index (Phi) is 3.51. The van der Waals surface area contributed by atoms with Crippen LogP contribution in [-0.4, -0.2) is 9.78 Å². The molecule has 0 saturated heterocycles. The van der Waals surface area contributed by atoms with Crippen LogP contribution >= 0.6 is 0 Å². The van der Waals surface area contributed by atoms with E-state index in [-0.39, 0.29) is 0 Å². The fraction of sp³-hybridized carbons (Fsp3) is 0.471. The number of aryl methyl sites for hydroxylation is 1. The molecule has 1 aromatic carbocycles. The van der Waals surface area contributed by atoms with Crippen molar-refractivity contribution in [1.82, 2.24) is 9.78 Å². The maximum absolute atomic E-state index is 4.41. The minimum Gasteiger partial charge on any atom is -0.375 e. The molecule has 1 atom stereocenters. The van der Waals surface area contributed by atoms with Crippen LogP contribution < -0.4 is 5.32 Å². The molecule has 1 heterocycles. The van der Waals surface area contributed by atoms with E-state index in [1.807, 2.05) is 10.9 Å². The summed E-state index contributed by atoms with van der Waals surface area (Å²) in [6, 6.07) is 9.72. The van der Waals surface area contributed by atoms with Crippen molar-refractivity contribution in [2.24, 2.45) is 5.92 Å². The van der Waals surface area contributed by atoms with Gasteiger partial charge in [-0.15, -0.1) is 0 Å². The summed E-state index contributed by atoms with van der Waals surface area (Å²) in [6.07, 6.45) is 6.69. The lowest BCUT2D eigenvalue weighted by Crippen LogP contribution is -2.12. The Balaban J connectivity index is 1.78. The van der Waals surface area contributed by atoms with Crippen LogP contribution in [0, 0.1) is 12.8 Å². The van der Waals surface area contributed by atoms with E-state index in [4.69, 9.17) is 0 Å². The minimum absolute atomic E-state index is 0.407. The molecule has 0 bridgehead atoms. The Labute approximate surface area is 121 Å². The molecule has 3 heteroatoms. The van der Waals surface area contributed by atoms with Crippen molar-refractivity contribution in [1.29, 1.82) is 0 Å². The molecule has 3 rings (SSSR count). The van der Waals surface area contributed by atoms with Gasteiger partial charge in [0.05, 0.1) is 17.9 Å². The Morgan fingerprint density at radius 1 is 1.20 bits per heavy atom. The predicted octanol–water partition coefficient (Wildman–Crippen LogP) is 4.34. The third kappa shape index (κ3) is 2.87. The summed E-state index contributed by atoms with van der Waals surface area (Å²) >= 11 is 0. The predicted molar refractivity (Wildman–Crippen MR) is 82.9 cm³/mol. The molecule has 1 aliphatic carbocycles. The molecule has 20 heavy (non-hydrogen) atoms. The topological polar surface area (TPSA) is 29.9 Å². The van der Waals surface area contributed by atoms with Crippen molar-refractivity contribution in [3.8, 4) is 0 Å². The summed E-state index contributed by atoms with van der Waals surface area (Å²) in [6.45, 7) is 6.43. The van der Waals surface area contributed by atoms with E-state index in [2.05, 4.69) is 61.6 Å². The van der Waals surface area contributed by atoms with Crippen LogP contribution in [0.2, 0.25) is 0 Å². The van der Waals surface area contributed by atoms with E-state index < -0.39 is 0 Å². The largest absolute Gasteiger partial charge is 0.375 e. The summed E-state index contributed by atoms with van der Waals surface area (Å²) in [5, 5.41) is 8.08. The SMILES string of the molecule is Cc1ccc(C(Nc2cnn(C(C)C)c2)C2CC2)cc1. The highest BCUT2D eigenvalue weighted by atomic mass is 15.3. The van der Waals surface area contributed by atoms with E-state index in [9.17, 15) is 0 Å². The van der Waals surface area contributed by atoms with Crippen molar-refractivity contribution < 1.29 is 0 Å². The molecule has 0 amide bonds. The van der Waals surface area contributed by atoms with Gasteiger partial charge in [0, 0.05) is 12.2 Å². The van der Waals surface area contributed by atoms with E-state index in [1.54, 1.807) is 0 Å². The van der Waals surface area contributed by atoms with E-state index in [0.29, 0.717) is 12.1 Å². The number of anilines is 1. The highest BCUT2D eigenvalue weighted by Gasteiger charge is 2.32. The van der Waals surface area contributed by atoms with Gasteiger partial charge >= 0.3 is 0 Å². The molecule has 2 aromatic rings. The van der Waals surface area contributed by atoms with Crippen molar-refractivity contribution in [2.45, 2.75) is 45.7 Å². The van der Waals surface area contributed by atoms with Crippen molar-refractivity contribution in [2.75, 3.05) is 5.32 Å². The second-order valence-electron chi connectivity index (χ2n) is 6.17. The van der Waals surface area contributed by atoms with E-state index in [1.165, 1.54) is 24.0 Å². The Bertz CT molecular complexity index is 564. The first kappa shape index (κ1) is 13.2. The van der Waals surface area contributed by atoms with Crippen LogP contribution in [0.4, 0.5) is 5.69 Å². The van der Waals surface area contributed by atoms with Crippen LogP contribution in [0.1, 0.15) is 49.9 Å². The zero-order valence-electron chi connectivity index (χ0n) is 12.5. The van der Waals surface area contributed by atoms with Gasteiger partial charge in [0.15, 0.2) is 0 Å². The normalized spacial score (nSPS) is 16.4. The lowest BCUT2D eigenvalue weighted by atomic mass is 10.0. The lowest BCUT2D eigenvalue weighted by molar-refractivity contribution is 0.532. The van der Waals surface area contributed by atoms with Crippen molar-refractivity contribution in [3.05, 3.63) is 47.8 Å². The van der Waals surface area contributed by atoms with Gasteiger partial charge in [-0.1, -0.05) is 29.8 Å². The molecule has 1 unspecified atom stereocenters. The average molecular weight is 269 g/mol. The number of hydrogen-bond donors (Lipinski definition) is 1. The average Bonchev–Trinajstić information content (AvgIpc) is 3.15.